The van der Waals surface area contributed by atoms with Crippen molar-refractivity contribution in [3.63, 3.8) is 0 Å². The number of allylic oxidation sites excluding steroid dienone is 1. The second-order valence-electron chi connectivity index (χ2n) is 3.44. The summed E-state index contributed by atoms with van der Waals surface area (Å²) >= 11 is 0. The molecule has 72 valence electrons. The van der Waals surface area contributed by atoms with Gasteiger partial charge in [0.2, 0.25) is 0 Å². The number of aryl methyl sites for hydroxylation is 1. The molecule has 1 aromatic rings. The number of hydrogen-bond acceptors (Lipinski definition) is 2. The molecule has 0 aromatic carbocycles. The average Bonchev–Trinajstić information content (AvgIpc) is 2.47. The standard InChI is InChI=1S/C11H17NO/c1-8(2)7-11(12-4)10-5-6-13-9(10)3/h5-7,11-12H,1-4H3. The molecule has 1 atom stereocenters. The molecular weight excluding hydrogens is 162 g/mol. The lowest BCUT2D eigenvalue weighted by Crippen LogP contribution is -2.14. The lowest BCUT2D eigenvalue weighted by atomic mass is 10.1. The van der Waals surface area contributed by atoms with Crippen molar-refractivity contribution in [2.75, 3.05) is 7.05 Å². The van der Waals surface area contributed by atoms with Crippen molar-refractivity contribution >= 4 is 0 Å². The third kappa shape index (κ3) is 2.46. The molecule has 2 heteroatoms. The third-order valence-electron chi connectivity index (χ3n) is 2.05. The van der Waals surface area contributed by atoms with Gasteiger partial charge in [-0.15, -0.1) is 0 Å². The first kappa shape index (κ1) is 10.1. The Hall–Kier alpha value is -1.02. The first-order valence-electron chi connectivity index (χ1n) is 4.51. The van der Waals surface area contributed by atoms with Gasteiger partial charge in [-0.1, -0.05) is 11.6 Å². The van der Waals surface area contributed by atoms with Gasteiger partial charge in [-0.25, -0.2) is 0 Å². The molecule has 2 nitrogen and oxygen atoms in total. The molecule has 0 saturated carbocycles. The first-order chi connectivity index (χ1) is 6.15. The minimum atomic E-state index is 0.267. The lowest BCUT2D eigenvalue weighted by molar-refractivity contribution is 0.524. The van der Waals surface area contributed by atoms with E-state index in [4.69, 9.17) is 4.42 Å². The van der Waals surface area contributed by atoms with E-state index in [0.29, 0.717) is 0 Å². The number of furan rings is 1. The van der Waals surface area contributed by atoms with Gasteiger partial charge in [0.1, 0.15) is 5.76 Å². The van der Waals surface area contributed by atoms with Crippen LogP contribution in [0.5, 0.6) is 0 Å². The summed E-state index contributed by atoms with van der Waals surface area (Å²) in [6.45, 7) is 6.18. The second kappa shape index (κ2) is 4.28. The predicted octanol–water partition coefficient (Wildman–Crippen LogP) is 2.81. The van der Waals surface area contributed by atoms with Gasteiger partial charge in [0, 0.05) is 5.56 Å². The summed E-state index contributed by atoms with van der Waals surface area (Å²) in [7, 11) is 1.95. The Bertz CT molecular complexity index is 295. The molecule has 0 aliphatic carbocycles. The molecule has 1 heterocycles. The quantitative estimate of drug-likeness (QED) is 0.722. The van der Waals surface area contributed by atoms with Crippen LogP contribution in [0.4, 0.5) is 0 Å². The van der Waals surface area contributed by atoms with E-state index in [1.807, 2.05) is 20.0 Å². The van der Waals surface area contributed by atoms with Crippen LogP contribution in [0.3, 0.4) is 0 Å². The lowest BCUT2D eigenvalue weighted by Gasteiger charge is -2.11. The number of rotatable bonds is 3. The Balaban J connectivity index is 2.91. The first-order valence-corrected chi connectivity index (χ1v) is 4.51. The Morgan fingerprint density at radius 3 is 2.62 bits per heavy atom. The molecular formula is C11H17NO. The summed E-state index contributed by atoms with van der Waals surface area (Å²) in [4.78, 5) is 0. The van der Waals surface area contributed by atoms with Crippen LogP contribution in [0, 0.1) is 6.92 Å². The van der Waals surface area contributed by atoms with Gasteiger partial charge in [-0.3, -0.25) is 0 Å². The van der Waals surface area contributed by atoms with Crippen LogP contribution >= 0.6 is 0 Å². The highest BCUT2D eigenvalue weighted by atomic mass is 16.3. The zero-order valence-corrected chi connectivity index (χ0v) is 8.72. The third-order valence-corrected chi connectivity index (χ3v) is 2.05. The zero-order valence-electron chi connectivity index (χ0n) is 8.72. The minimum Gasteiger partial charge on any atom is -0.469 e. The van der Waals surface area contributed by atoms with Gasteiger partial charge in [0.25, 0.3) is 0 Å². The van der Waals surface area contributed by atoms with Crippen molar-refractivity contribution in [2.24, 2.45) is 0 Å². The van der Waals surface area contributed by atoms with Crippen molar-refractivity contribution in [2.45, 2.75) is 26.8 Å². The summed E-state index contributed by atoms with van der Waals surface area (Å²) < 4.78 is 5.26. The predicted molar refractivity (Wildman–Crippen MR) is 54.7 cm³/mol. The van der Waals surface area contributed by atoms with E-state index >= 15 is 0 Å². The Labute approximate surface area is 79.6 Å². The van der Waals surface area contributed by atoms with E-state index in [1.54, 1.807) is 6.26 Å². The average molecular weight is 179 g/mol. The van der Waals surface area contributed by atoms with E-state index in [-0.39, 0.29) is 6.04 Å². The van der Waals surface area contributed by atoms with E-state index < -0.39 is 0 Å². The van der Waals surface area contributed by atoms with Gasteiger partial charge in [-0.2, -0.15) is 0 Å². The maximum Gasteiger partial charge on any atom is 0.105 e. The normalized spacial score (nSPS) is 12.6. The summed E-state index contributed by atoms with van der Waals surface area (Å²) in [5.41, 5.74) is 2.52. The van der Waals surface area contributed by atoms with Crippen molar-refractivity contribution in [3.05, 3.63) is 35.3 Å². The summed E-state index contributed by atoms with van der Waals surface area (Å²) in [6.07, 6.45) is 3.92. The largest absolute Gasteiger partial charge is 0.469 e. The fraction of sp³-hybridized carbons (Fsp3) is 0.455. The molecule has 0 aliphatic heterocycles. The molecule has 0 amide bonds. The molecule has 1 rings (SSSR count). The van der Waals surface area contributed by atoms with Crippen LogP contribution in [-0.4, -0.2) is 7.05 Å². The smallest absolute Gasteiger partial charge is 0.105 e. The van der Waals surface area contributed by atoms with Crippen LogP contribution in [0.25, 0.3) is 0 Å². The Kier molecular flexibility index (Phi) is 3.32. The number of hydrogen-bond donors (Lipinski definition) is 1. The minimum absolute atomic E-state index is 0.267. The maximum atomic E-state index is 5.26. The number of likely N-dealkylation sites (N-methyl/N-ethyl adjacent to an activating group) is 1. The molecule has 0 saturated heterocycles. The maximum absolute atomic E-state index is 5.26. The van der Waals surface area contributed by atoms with Crippen molar-refractivity contribution in [1.82, 2.24) is 5.32 Å². The van der Waals surface area contributed by atoms with Gasteiger partial charge in [-0.05, 0) is 33.9 Å². The van der Waals surface area contributed by atoms with Crippen molar-refractivity contribution in [3.8, 4) is 0 Å². The topological polar surface area (TPSA) is 25.2 Å². The van der Waals surface area contributed by atoms with Crippen LogP contribution in [0.2, 0.25) is 0 Å². The van der Waals surface area contributed by atoms with Crippen LogP contribution in [0.15, 0.2) is 28.4 Å². The highest BCUT2D eigenvalue weighted by molar-refractivity contribution is 5.25. The summed E-state index contributed by atoms with van der Waals surface area (Å²) in [5.74, 6) is 0.983. The number of nitrogens with one attached hydrogen (secondary N) is 1. The molecule has 0 fully saturated rings. The molecule has 0 radical (unpaired) electrons. The van der Waals surface area contributed by atoms with E-state index in [9.17, 15) is 0 Å². The Morgan fingerprint density at radius 1 is 1.54 bits per heavy atom. The molecule has 13 heavy (non-hydrogen) atoms. The van der Waals surface area contributed by atoms with Crippen molar-refractivity contribution in [1.29, 1.82) is 0 Å². The molecule has 0 spiro atoms. The summed E-state index contributed by atoms with van der Waals surface area (Å²) in [6, 6.07) is 2.28. The molecule has 1 N–H and O–H groups in total. The highest BCUT2D eigenvalue weighted by Crippen LogP contribution is 2.20. The summed E-state index contributed by atoms with van der Waals surface area (Å²) in [5, 5.41) is 3.24. The van der Waals surface area contributed by atoms with E-state index in [2.05, 4.69) is 25.2 Å². The van der Waals surface area contributed by atoms with Gasteiger partial charge >= 0.3 is 0 Å². The van der Waals surface area contributed by atoms with E-state index in [0.717, 1.165) is 5.76 Å². The van der Waals surface area contributed by atoms with E-state index in [1.165, 1.54) is 11.1 Å². The molecule has 1 unspecified atom stereocenters. The molecule has 0 aliphatic rings. The van der Waals surface area contributed by atoms with Crippen LogP contribution in [0.1, 0.15) is 31.2 Å². The van der Waals surface area contributed by atoms with Gasteiger partial charge in [0.05, 0.1) is 12.3 Å². The SMILES string of the molecule is CNC(C=C(C)C)c1ccoc1C. The van der Waals surface area contributed by atoms with Crippen LogP contribution < -0.4 is 5.32 Å². The van der Waals surface area contributed by atoms with Gasteiger partial charge in [0.15, 0.2) is 0 Å². The van der Waals surface area contributed by atoms with Crippen LogP contribution in [-0.2, 0) is 0 Å². The fourth-order valence-electron chi connectivity index (χ4n) is 1.38. The second-order valence-corrected chi connectivity index (χ2v) is 3.44. The Morgan fingerprint density at radius 2 is 2.23 bits per heavy atom. The van der Waals surface area contributed by atoms with Gasteiger partial charge < -0.3 is 9.73 Å². The molecule has 0 bridgehead atoms. The highest BCUT2D eigenvalue weighted by Gasteiger charge is 2.10. The zero-order chi connectivity index (χ0) is 9.84. The fourth-order valence-corrected chi connectivity index (χ4v) is 1.38. The monoisotopic (exact) mass is 179 g/mol. The molecule has 1 aromatic heterocycles. The van der Waals surface area contributed by atoms with Crippen molar-refractivity contribution < 1.29 is 4.42 Å².